The highest BCUT2D eigenvalue weighted by Crippen LogP contribution is 2.29. The molecule has 1 aromatic carbocycles. The van der Waals surface area contributed by atoms with Crippen LogP contribution in [0.2, 0.25) is 0 Å². The summed E-state index contributed by atoms with van der Waals surface area (Å²) in [6.07, 6.45) is 2.08. The molecule has 100 valence electrons. The summed E-state index contributed by atoms with van der Waals surface area (Å²) in [5.41, 5.74) is 9.52. The smallest absolute Gasteiger partial charge is 0.164 e. The van der Waals surface area contributed by atoms with Gasteiger partial charge in [-0.05, 0) is 43.9 Å². The monoisotopic (exact) mass is 256 g/mol. The van der Waals surface area contributed by atoms with Crippen molar-refractivity contribution in [2.24, 2.45) is 11.7 Å². The van der Waals surface area contributed by atoms with Crippen LogP contribution in [0.1, 0.15) is 23.4 Å². The largest absolute Gasteiger partial charge is 0.330 e. The third-order valence-electron chi connectivity index (χ3n) is 4.10. The zero-order chi connectivity index (χ0) is 13.4. The minimum Gasteiger partial charge on any atom is -0.330 e. The molecule has 4 nitrogen and oxygen atoms in total. The van der Waals surface area contributed by atoms with Gasteiger partial charge in [0.2, 0.25) is 0 Å². The molecule has 0 radical (unpaired) electrons. The fourth-order valence-corrected chi connectivity index (χ4v) is 2.95. The highest BCUT2D eigenvalue weighted by Gasteiger charge is 2.23. The van der Waals surface area contributed by atoms with E-state index in [1.807, 2.05) is 0 Å². The van der Waals surface area contributed by atoms with Crippen LogP contribution in [0, 0.1) is 19.8 Å². The van der Waals surface area contributed by atoms with Gasteiger partial charge in [-0.3, -0.25) is 0 Å². The number of nitrogens with two attached hydrogens (primary N) is 1. The number of hydrogen-bond donors (Lipinski definition) is 1. The van der Waals surface area contributed by atoms with Crippen molar-refractivity contribution in [3.8, 4) is 11.4 Å². The number of nitrogens with zero attached hydrogens (tertiary/aromatic N) is 3. The SMILES string of the molecule is Cc1cccc(C)c1-c1nnc2n1CCC(CN)C2. The Hall–Kier alpha value is -1.68. The summed E-state index contributed by atoms with van der Waals surface area (Å²) < 4.78 is 2.27. The van der Waals surface area contributed by atoms with Crippen molar-refractivity contribution in [1.29, 1.82) is 0 Å². The Morgan fingerprint density at radius 3 is 2.68 bits per heavy atom. The van der Waals surface area contributed by atoms with E-state index in [4.69, 9.17) is 5.73 Å². The number of aryl methyl sites for hydroxylation is 2. The van der Waals surface area contributed by atoms with E-state index in [9.17, 15) is 0 Å². The van der Waals surface area contributed by atoms with Crippen molar-refractivity contribution >= 4 is 0 Å². The molecular weight excluding hydrogens is 236 g/mol. The molecule has 0 amide bonds. The second-order valence-corrected chi connectivity index (χ2v) is 5.45. The van der Waals surface area contributed by atoms with Gasteiger partial charge in [-0.15, -0.1) is 10.2 Å². The Balaban J connectivity index is 2.07. The fraction of sp³-hybridized carbons (Fsp3) is 0.467. The molecule has 2 N–H and O–H groups in total. The molecule has 2 heterocycles. The van der Waals surface area contributed by atoms with E-state index in [0.29, 0.717) is 5.92 Å². The first kappa shape index (κ1) is 12.4. The highest BCUT2D eigenvalue weighted by atomic mass is 15.3. The Kier molecular flexibility index (Phi) is 3.11. The van der Waals surface area contributed by atoms with Gasteiger partial charge < -0.3 is 10.3 Å². The molecular formula is C15H20N4. The maximum atomic E-state index is 5.77. The molecule has 3 rings (SSSR count). The van der Waals surface area contributed by atoms with Gasteiger partial charge in [-0.25, -0.2) is 0 Å². The number of benzene rings is 1. The lowest BCUT2D eigenvalue weighted by atomic mass is 9.97. The van der Waals surface area contributed by atoms with Crippen LogP contribution in [-0.2, 0) is 13.0 Å². The summed E-state index contributed by atoms with van der Waals surface area (Å²) in [7, 11) is 0. The van der Waals surface area contributed by atoms with Crippen molar-refractivity contribution in [1.82, 2.24) is 14.8 Å². The van der Waals surface area contributed by atoms with Gasteiger partial charge in [-0.2, -0.15) is 0 Å². The van der Waals surface area contributed by atoms with Crippen LogP contribution in [0.15, 0.2) is 18.2 Å². The van der Waals surface area contributed by atoms with Crippen LogP contribution in [0.5, 0.6) is 0 Å². The summed E-state index contributed by atoms with van der Waals surface area (Å²) in [6.45, 7) is 5.99. The van der Waals surface area contributed by atoms with Gasteiger partial charge in [0, 0.05) is 18.5 Å². The first-order valence-corrected chi connectivity index (χ1v) is 6.89. The zero-order valence-corrected chi connectivity index (χ0v) is 11.6. The molecule has 0 saturated carbocycles. The quantitative estimate of drug-likeness (QED) is 0.895. The van der Waals surface area contributed by atoms with E-state index < -0.39 is 0 Å². The van der Waals surface area contributed by atoms with Crippen molar-refractivity contribution in [2.45, 2.75) is 33.2 Å². The summed E-state index contributed by atoms with van der Waals surface area (Å²) in [4.78, 5) is 0. The predicted octanol–water partition coefficient (Wildman–Crippen LogP) is 2.08. The van der Waals surface area contributed by atoms with E-state index in [2.05, 4.69) is 46.8 Å². The third kappa shape index (κ3) is 2.06. The average Bonchev–Trinajstić information content (AvgIpc) is 2.81. The third-order valence-corrected chi connectivity index (χ3v) is 4.10. The van der Waals surface area contributed by atoms with Crippen molar-refractivity contribution in [3.63, 3.8) is 0 Å². The molecule has 1 aliphatic rings. The molecule has 1 atom stereocenters. The van der Waals surface area contributed by atoms with E-state index in [-0.39, 0.29) is 0 Å². The second-order valence-electron chi connectivity index (χ2n) is 5.45. The summed E-state index contributed by atoms with van der Waals surface area (Å²) in [6, 6.07) is 6.36. The molecule has 4 heteroatoms. The lowest BCUT2D eigenvalue weighted by molar-refractivity contribution is 0.391. The molecule has 1 aliphatic heterocycles. The highest BCUT2D eigenvalue weighted by molar-refractivity contribution is 5.64. The van der Waals surface area contributed by atoms with E-state index in [0.717, 1.165) is 37.6 Å². The standard InChI is InChI=1S/C15H20N4/c1-10-4-3-5-11(2)14(10)15-18-17-13-8-12(9-16)6-7-19(13)15/h3-5,12H,6-9,16H2,1-2H3. The Bertz CT molecular complexity index is 580. The Morgan fingerprint density at radius 2 is 2.00 bits per heavy atom. The topological polar surface area (TPSA) is 56.7 Å². The lowest BCUT2D eigenvalue weighted by Gasteiger charge is -2.22. The van der Waals surface area contributed by atoms with Gasteiger partial charge in [0.25, 0.3) is 0 Å². The van der Waals surface area contributed by atoms with Gasteiger partial charge in [0.15, 0.2) is 5.82 Å². The summed E-state index contributed by atoms with van der Waals surface area (Å²) in [5, 5.41) is 8.80. The molecule has 0 aliphatic carbocycles. The lowest BCUT2D eigenvalue weighted by Crippen LogP contribution is -2.25. The van der Waals surface area contributed by atoms with Crippen LogP contribution in [0.4, 0.5) is 0 Å². The van der Waals surface area contributed by atoms with Crippen LogP contribution < -0.4 is 5.73 Å². The van der Waals surface area contributed by atoms with Crippen molar-refractivity contribution < 1.29 is 0 Å². The maximum absolute atomic E-state index is 5.77. The Morgan fingerprint density at radius 1 is 1.26 bits per heavy atom. The summed E-state index contributed by atoms with van der Waals surface area (Å²) in [5.74, 6) is 2.66. The number of rotatable bonds is 2. The van der Waals surface area contributed by atoms with Gasteiger partial charge in [-0.1, -0.05) is 18.2 Å². The fourth-order valence-electron chi connectivity index (χ4n) is 2.95. The second kappa shape index (κ2) is 4.78. The normalized spacial score (nSPS) is 18.4. The number of hydrogen-bond acceptors (Lipinski definition) is 3. The minimum atomic E-state index is 0.558. The molecule has 1 unspecified atom stereocenters. The van der Waals surface area contributed by atoms with Crippen molar-refractivity contribution in [2.75, 3.05) is 6.54 Å². The van der Waals surface area contributed by atoms with Gasteiger partial charge in [0.1, 0.15) is 5.82 Å². The number of aromatic nitrogens is 3. The molecule has 0 fully saturated rings. The zero-order valence-electron chi connectivity index (χ0n) is 11.6. The molecule has 19 heavy (non-hydrogen) atoms. The average molecular weight is 256 g/mol. The molecule has 0 spiro atoms. The van der Waals surface area contributed by atoms with Crippen LogP contribution in [0.25, 0.3) is 11.4 Å². The van der Waals surface area contributed by atoms with Gasteiger partial charge >= 0.3 is 0 Å². The molecule has 1 aromatic heterocycles. The van der Waals surface area contributed by atoms with E-state index in [1.165, 1.54) is 16.7 Å². The first-order chi connectivity index (χ1) is 9.20. The first-order valence-electron chi connectivity index (χ1n) is 6.89. The van der Waals surface area contributed by atoms with Crippen LogP contribution >= 0.6 is 0 Å². The predicted molar refractivity (Wildman–Crippen MR) is 75.8 cm³/mol. The summed E-state index contributed by atoms with van der Waals surface area (Å²) >= 11 is 0. The molecule has 0 bridgehead atoms. The van der Waals surface area contributed by atoms with Gasteiger partial charge in [0.05, 0.1) is 0 Å². The minimum absolute atomic E-state index is 0.558. The maximum Gasteiger partial charge on any atom is 0.164 e. The van der Waals surface area contributed by atoms with Crippen LogP contribution in [-0.4, -0.2) is 21.3 Å². The Labute approximate surface area is 113 Å². The van der Waals surface area contributed by atoms with Crippen LogP contribution in [0.3, 0.4) is 0 Å². The van der Waals surface area contributed by atoms with Crippen molar-refractivity contribution in [3.05, 3.63) is 35.2 Å². The number of fused-ring (bicyclic) bond motifs is 1. The van der Waals surface area contributed by atoms with E-state index in [1.54, 1.807) is 0 Å². The molecule has 0 saturated heterocycles. The van der Waals surface area contributed by atoms with E-state index >= 15 is 0 Å². The molecule has 2 aromatic rings.